The molecule has 0 saturated carbocycles. The summed E-state index contributed by atoms with van der Waals surface area (Å²) in [5.74, 6) is 0.814. The van der Waals surface area contributed by atoms with Gasteiger partial charge in [-0.1, -0.05) is 18.5 Å². The largest absolute Gasteiger partial charge is 0.330 e. The fraction of sp³-hybridized carbons (Fsp3) is 0.786. The van der Waals surface area contributed by atoms with E-state index >= 15 is 0 Å². The Hall–Kier alpha value is -0.580. The fourth-order valence-corrected chi connectivity index (χ4v) is 3.23. The lowest BCUT2D eigenvalue weighted by Gasteiger charge is -2.31. The van der Waals surface area contributed by atoms with Gasteiger partial charge in [0.25, 0.3) is 0 Å². The molecule has 0 spiro atoms. The summed E-state index contributed by atoms with van der Waals surface area (Å²) in [5, 5.41) is 5.34. The summed E-state index contributed by atoms with van der Waals surface area (Å²) in [4.78, 5) is 2.48. The summed E-state index contributed by atoms with van der Waals surface area (Å²) in [6, 6.07) is 0. The zero-order valence-electron chi connectivity index (χ0n) is 12.0. The van der Waals surface area contributed by atoms with E-state index in [1.165, 1.54) is 19.3 Å². The monoisotopic (exact) mass is 284 g/mol. The van der Waals surface area contributed by atoms with Crippen LogP contribution in [0.4, 0.5) is 0 Å². The molecule has 1 aromatic rings. The van der Waals surface area contributed by atoms with Gasteiger partial charge in [0.2, 0.25) is 0 Å². The Kier molecular flexibility index (Phi) is 5.25. The minimum absolute atomic E-state index is 0.814. The van der Waals surface area contributed by atoms with Crippen molar-refractivity contribution in [1.82, 2.24) is 14.7 Å². The van der Waals surface area contributed by atoms with Gasteiger partial charge in [-0.05, 0) is 51.2 Å². The van der Waals surface area contributed by atoms with E-state index < -0.39 is 0 Å². The number of hydrogen-bond acceptors (Lipinski definition) is 3. The highest BCUT2D eigenvalue weighted by Gasteiger charge is 2.21. The molecule has 0 amide bonds. The maximum atomic E-state index is 6.40. The highest BCUT2D eigenvalue weighted by molar-refractivity contribution is 6.31. The zero-order valence-corrected chi connectivity index (χ0v) is 12.8. The molecule has 4 nitrogen and oxygen atoms in total. The Morgan fingerprint density at radius 2 is 2.05 bits per heavy atom. The highest BCUT2D eigenvalue weighted by Crippen LogP contribution is 2.25. The Morgan fingerprint density at radius 1 is 1.37 bits per heavy atom. The summed E-state index contributed by atoms with van der Waals surface area (Å²) >= 11 is 6.40. The molecule has 19 heavy (non-hydrogen) atoms. The van der Waals surface area contributed by atoms with Crippen LogP contribution in [0.5, 0.6) is 0 Å². The maximum Gasteiger partial charge on any atom is 0.0863 e. The SMILES string of the molecule is CCc1nn(C)c(CN2CCC(CCN)CC2)c1Cl. The first kappa shape index (κ1) is 14.8. The van der Waals surface area contributed by atoms with Crippen LogP contribution in [0.2, 0.25) is 5.02 Å². The summed E-state index contributed by atoms with van der Waals surface area (Å²) in [6.07, 6.45) is 4.58. The van der Waals surface area contributed by atoms with Gasteiger partial charge in [0, 0.05) is 13.6 Å². The van der Waals surface area contributed by atoms with Gasteiger partial charge >= 0.3 is 0 Å². The number of halogens is 1. The number of nitrogens with two attached hydrogens (primary N) is 1. The molecule has 0 bridgehead atoms. The predicted molar refractivity (Wildman–Crippen MR) is 79.3 cm³/mol. The molecule has 0 aromatic carbocycles. The predicted octanol–water partition coefficient (Wildman–Crippen LogP) is 2.20. The second-order valence-corrected chi connectivity index (χ2v) is 5.86. The van der Waals surface area contributed by atoms with E-state index in [0.29, 0.717) is 0 Å². The van der Waals surface area contributed by atoms with E-state index in [1.54, 1.807) is 0 Å². The molecule has 2 rings (SSSR count). The normalized spacial score (nSPS) is 18.1. The molecular formula is C14H25ClN4. The Bertz CT molecular complexity index is 408. The van der Waals surface area contributed by atoms with Crippen molar-refractivity contribution < 1.29 is 0 Å². The van der Waals surface area contributed by atoms with Gasteiger partial charge in [0.1, 0.15) is 0 Å². The first-order valence-electron chi connectivity index (χ1n) is 7.28. The topological polar surface area (TPSA) is 47.1 Å². The van der Waals surface area contributed by atoms with Crippen LogP contribution < -0.4 is 5.73 Å². The van der Waals surface area contributed by atoms with Crippen LogP contribution in [0.15, 0.2) is 0 Å². The molecule has 1 saturated heterocycles. The molecule has 1 aromatic heterocycles. The molecule has 1 aliphatic heterocycles. The number of nitrogens with zero attached hydrogens (tertiary/aromatic N) is 3. The van der Waals surface area contributed by atoms with Crippen LogP contribution >= 0.6 is 11.6 Å². The van der Waals surface area contributed by atoms with Gasteiger partial charge in [-0.2, -0.15) is 5.10 Å². The van der Waals surface area contributed by atoms with E-state index in [1.807, 2.05) is 11.7 Å². The van der Waals surface area contributed by atoms with Gasteiger partial charge in [0.15, 0.2) is 0 Å². The van der Waals surface area contributed by atoms with E-state index in [-0.39, 0.29) is 0 Å². The number of aromatic nitrogens is 2. The van der Waals surface area contributed by atoms with Crippen LogP contribution in [-0.2, 0) is 20.0 Å². The number of piperidine rings is 1. The minimum atomic E-state index is 0.814. The molecule has 0 unspecified atom stereocenters. The molecule has 1 aliphatic rings. The first-order chi connectivity index (χ1) is 9.15. The lowest BCUT2D eigenvalue weighted by Crippen LogP contribution is -2.34. The van der Waals surface area contributed by atoms with Crippen molar-refractivity contribution in [2.75, 3.05) is 19.6 Å². The van der Waals surface area contributed by atoms with Gasteiger partial charge in [-0.25, -0.2) is 0 Å². The van der Waals surface area contributed by atoms with Crippen molar-refractivity contribution in [1.29, 1.82) is 0 Å². The molecule has 0 radical (unpaired) electrons. The van der Waals surface area contributed by atoms with Crippen molar-refractivity contribution in [3.63, 3.8) is 0 Å². The lowest BCUT2D eigenvalue weighted by molar-refractivity contribution is 0.170. The number of hydrogen-bond donors (Lipinski definition) is 1. The molecule has 5 heteroatoms. The molecular weight excluding hydrogens is 260 g/mol. The van der Waals surface area contributed by atoms with E-state index in [9.17, 15) is 0 Å². The number of rotatable bonds is 5. The molecule has 2 heterocycles. The summed E-state index contributed by atoms with van der Waals surface area (Å²) in [5.41, 5.74) is 7.79. The number of aryl methyl sites for hydroxylation is 2. The Morgan fingerprint density at radius 3 is 2.58 bits per heavy atom. The zero-order chi connectivity index (χ0) is 13.8. The Balaban J connectivity index is 1.94. The second-order valence-electron chi connectivity index (χ2n) is 5.48. The molecule has 0 atom stereocenters. The van der Waals surface area contributed by atoms with Gasteiger partial charge < -0.3 is 5.73 Å². The van der Waals surface area contributed by atoms with Crippen molar-refractivity contribution >= 4 is 11.6 Å². The highest BCUT2D eigenvalue weighted by atomic mass is 35.5. The fourth-order valence-electron chi connectivity index (χ4n) is 2.87. The Labute approximate surface area is 120 Å². The third kappa shape index (κ3) is 3.50. The second kappa shape index (κ2) is 6.73. The molecule has 0 aliphatic carbocycles. The lowest BCUT2D eigenvalue weighted by atomic mass is 9.93. The van der Waals surface area contributed by atoms with E-state index in [2.05, 4.69) is 16.9 Å². The first-order valence-corrected chi connectivity index (χ1v) is 7.66. The smallest absolute Gasteiger partial charge is 0.0863 e. The van der Waals surface area contributed by atoms with E-state index in [0.717, 1.165) is 54.9 Å². The van der Waals surface area contributed by atoms with Crippen molar-refractivity contribution in [2.45, 2.75) is 39.2 Å². The van der Waals surface area contributed by atoms with Gasteiger partial charge in [-0.15, -0.1) is 0 Å². The third-order valence-corrected chi connectivity index (χ3v) is 4.59. The molecule has 2 N–H and O–H groups in total. The maximum absolute atomic E-state index is 6.40. The van der Waals surface area contributed by atoms with Crippen LogP contribution in [0.25, 0.3) is 0 Å². The van der Waals surface area contributed by atoms with Crippen LogP contribution in [0.1, 0.15) is 37.6 Å². The standard InChI is InChI=1S/C14H25ClN4/c1-3-12-14(15)13(18(2)17-12)10-19-8-5-11(4-7-16)6-9-19/h11H,3-10,16H2,1-2H3. The van der Waals surface area contributed by atoms with Crippen molar-refractivity contribution in [3.8, 4) is 0 Å². The van der Waals surface area contributed by atoms with Crippen LogP contribution in [0.3, 0.4) is 0 Å². The quantitative estimate of drug-likeness (QED) is 0.902. The van der Waals surface area contributed by atoms with Crippen molar-refractivity contribution in [3.05, 3.63) is 16.4 Å². The molecule has 1 fully saturated rings. The average molecular weight is 285 g/mol. The van der Waals surface area contributed by atoms with Gasteiger partial charge in [-0.3, -0.25) is 9.58 Å². The minimum Gasteiger partial charge on any atom is -0.330 e. The summed E-state index contributed by atoms with van der Waals surface area (Å²) < 4.78 is 1.94. The number of likely N-dealkylation sites (tertiary alicyclic amines) is 1. The van der Waals surface area contributed by atoms with E-state index in [4.69, 9.17) is 17.3 Å². The van der Waals surface area contributed by atoms with Gasteiger partial charge in [0.05, 0.1) is 16.4 Å². The average Bonchev–Trinajstić information content (AvgIpc) is 2.68. The van der Waals surface area contributed by atoms with Crippen LogP contribution in [-0.4, -0.2) is 34.3 Å². The summed E-state index contributed by atoms with van der Waals surface area (Å²) in [6.45, 7) is 6.12. The van der Waals surface area contributed by atoms with Crippen molar-refractivity contribution in [2.24, 2.45) is 18.7 Å². The van der Waals surface area contributed by atoms with Crippen LogP contribution in [0, 0.1) is 5.92 Å². The third-order valence-electron chi connectivity index (χ3n) is 4.16. The molecule has 108 valence electrons. The summed E-state index contributed by atoms with van der Waals surface area (Å²) in [7, 11) is 1.99.